The average Bonchev–Trinajstić information content (AvgIpc) is 3.27. The van der Waals surface area contributed by atoms with E-state index in [1.165, 1.54) is 65.9 Å². The maximum atomic E-state index is 13.6. The molecule has 0 unspecified atom stereocenters. The van der Waals surface area contributed by atoms with Gasteiger partial charge in [-0.25, -0.2) is 18.4 Å². The molecule has 1 aromatic heterocycles. The Hall–Kier alpha value is -3.42. The number of aromatic nitrogens is 3. The van der Waals surface area contributed by atoms with E-state index in [0.29, 0.717) is 5.56 Å². The van der Waals surface area contributed by atoms with Crippen molar-refractivity contribution in [2.24, 2.45) is 0 Å². The summed E-state index contributed by atoms with van der Waals surface area (Å²) in [7, 11) is 0. The molecule has 0 radical (unpaired) electrons. The van der Waals surface area contributed by atoms with Crippen molar-refractivity contribution in [3.05, 3.63) is 120 Å². The number of aliphatic hydroxyl groups is 2. The third-order valence-electron chi connectivity index (χ3n) is 5.23. The molecule has 0 saturated carbocycles. The number of rotatable bonds is 6. The monoisotopic (exact) mass is 407 g/mol. The predicted molar refractivity (Wildman–Crippen MR) is 106 cm³/mol. The molecule has 0 aliphatic heterocycles. The highest BCUT2D eigenvalue weighted by molar-refractivity contribution is 5.44. The molecule has 0 spiro atoms. The Labute approximate surface area is 171 Å². The van der Waals surface area contributed by atoms with E-state index in [1.807, 2.05) is 0 Å². The summed E-state index contributed by atoms with van der Waals surface area (Å²) in [5, 5.41) is 28.3. The maximum Gasteiger partial charge on any atom is 0.149 e. The van der Waals surface area contributed by atoms with Gasteiger partial charge in [-0.15, -0.1) is 0 Å². The van der Waals surface area contributed by atoms with Gasteiger partial charge in [-0.05, 0) is 41.0 Å². The van der Waals surface area contributed by atoms with Gasteiger partial charge in [-0.1, -0.05) is 54.6 Å². The average molecular weight is 407 g/mol. The third kappa shape index (κ3) is 3.38. The summed E-state index contributed by atoms with van der Waals surface area (Å²) < 4.78 is 28.6. The van der Waals surface area contributed by atoms with Gasteiger partial charge in [0.05, 0.1) is 6.54 Å². The largest absolute Gasteiger partial charge is 0.379 e. The summed E-state index contributed by atoms with van der Waals surface area (Å²) in [6.45, 7) is -0.193. The molecule has 7 heteroatoms. The zero-order valence-electron chi connectivity index (χ0n) is 15.9. The first-order valence-corrected chi connectivity index (χ1v) is 9.28. The van der Waals surface area contributed by atoms with E-state index < -0.39 is 22.8 Å². The van der Waals surface area contributed by atoms with Crippen LogP contribution in [0.15, 0.2) is 91.5 Å². The maximum absolute atomic E-state index is 13.6. The molecule has 0 fully saturated rings. The fraction of sp³-hybridized carbons (Fsp3) is 0.130. The highest BCUT2D eigenvalue weighted by atomic mass is 19.1. The van der Waals surface area contributed by atoms with E-state index in [-0.39, 0.29) is 17.7 Å². The van der Waals surface area contributed by atoms with Gasteiger partial charge >= 0.3 is 0 Å². The van der Waals surface area contributed by atoms with Crippen LogP contribution < -0.4 is 0 Å². The topological polar surface area (TPSA) is 71.2 Å². The lowest BCUT2D eigenvalue weighted by atomic mass is 9.69. The first-order valence-electron chi connectivity index (χ1n) is 9.28. The molecule has 4 aromatic rings. The molecule has 0 bridgehead atoms. The minimum absolute atomic E-state index is 0.193. The summed E-state index contributed by atoms with van der Waals surface area (Å²) >= 11 is 0. The van der Waals surface area contributed by atoms with Crippen molar-refractivity contribution in [1.29, 1.82) is 0 Å². The minimum Gasteiger partial charge on any atom is -0.379 e. The van der Waals surface area contributed by atoms with Gasteiger partial charge in [0.2, 0.25) is 0 Å². The molecule has 0 saturated heterocycles. The summed E-state index contributed by atoms with van der Waals surface area (Å²) in [4.78, 5) is 3.90. The van der Waals surface area contributed by atoms with Crippen molar-refractivity contribution in [2.75, 3.05) is 0 Å². The number of hydrogen-bond acceptors (Lipinski definition) is 4. The standard InChI is InChI=1S/C23H19F2N3O2/c24-20-10-6-17(7-11-20)22(29,14-28-16-26-15-27-28)23(30,18-4-2-1-3-5-18)19-8-12-21(25)13-9-19/h1-13,15-16,29-30H,14H2/t22-,23-/m0/s1. The van der Waals surface area contributed by atoms with Crippen LogP contribution in [-0.2, 0) is 17.7 Å². The Balaban J connectivity index is 1.99. The van der Waals surface area contributed by atoms with Gasteiger partial charge in [-0.2, -0.15) is 5.10 Å². The fourth-order valence-corrected chi connectivity index (χ4v) is 3.70. The summed E-state index contributed by atoms with van der Waals surface area (Å²) in [6.07, 6.45) is 2.72. The number of hydrogen-bond donors (Lipinski definition) is 2. The lowest BCUT2D eigenvalue weighted by molar-refractivity contribution is -0.151. The van der Waals surface area contributed by atoms with Crippen molar-refractivity contribution in [2.45, 2.75) is 17.7 Å². The molecular formula is C23H19F2N3O2. The van der Waals surface area contributed by atoms with Crippen LogP contribution in [0.2, 0.25) is 0 Å². The van der Waals surface area contributed by atoms with Gasteiger partial charge in [-0.3, -0.25) is 0 Å². The van der Waals surface area contributed by atoms with Crippen LogP contribution in [0.25, 0.3) is 0 Å². The predicted octanol–water partition coefficient (Wildman–Crippen LogP) is 3.38. The van der Waals surface area contributed by atoms with Crippen molar-refractivity contribution >= 4 is 0 Å². The molecule has 5 nitrogen and oxygen atoms in total. The second-order valence-corrected chi connectivity index (χ2v) is 7.04. The van der Waals surface area contributed by atoms with Gasteiger partial charge in [0.1, 0.15) is 35.5 Å². The summed E-state index contributed by atoms with van der Waals surface area (Å²) in [5.41, 5.74) is -3.13. The second-order valence-electron chi connectivity index (χ2n) is 7.04. The zero-order valence-corrected chi connectivity index (χ0v) is 15.9. The second kappa shape index (κ2) is 7.78. The third-order valence-corrected chi connectivity index (χ3v) is 5.23. The molecule has 30 heavy (non-hydrogen) atoms. The van der Waals surface area contributed by atoms with Crippen LogP contribution in [0, 0.1) is 11.6 Å². The van der Waals surface area contributed by atoms with Crippen molar-refractivity contribution in [3.63, 3.8) is 0 Å². The molecule has 2 atom stereocenters. The minimum atomic E-state index is -2.02. The first kappa shape index (κ1) is 19.9. The van der Waals surface area contributed by atoms with Crippen LogP contribution in [0.1, 0.15) is 16.7 Å². The summed E-state index contributed by atoms with van der Waals surface area (Å²) in [6, 6.07) is 19.0. The van der Waals surface area contributed by atoms with E-state index in [1.54, 1.807) is 30.3 Å². The van der Waals surface area contributed by atoms with Crippen molar-refractivity contribution in [1.82, 2.24) is 14.8 Å². The molecule has 0 amide bonds. The summed E-state index contributed by atoms with van der Waals surface area (Å²) in [5.74, 6) is -0.956. The van der Waals surface area contributed by atoms with E-state index >= 15 is 0 Å². The van der Waals surface area contributed by atoms with Crippen LogP contribution in [0.3, 0.4) is 0 Å². The Bertz CT molecular complexity index is 1100. The van der Waals surface area contributed by atoms with Gasteiger partial charge in [0.25, 0.3) is 0 Å². The van der Waals surface area contributed by atoms with Crippen LogP contribution in [0.4, 0.5) is 8.78 Å². The zero-order chi connectivity index (χ0) is 21.2. The van der Waals surface area contributed by atoms with Crippen LogP contribution >= 0.6 is 0 Å². The highest BCUT2D eigenvalue weighted by Crippen LogP contribution is 2.46. The van der Waals surface area contributed by atoms with E-state index in [9.17, 15) is 19.0 Å². The molecule has 3 aromatic carbocycles. The Morgan fingerprint density at radius 3 is 1.80 bits per heavy atom. The molecule has 0 aliphatic rings. The lowest BCUT2D eigenvalue weighted by Crippen LogP contribution is -2.53. The lowest BCUT2D eigenvalue weighted by Gasteiger charge is -2.44. The smallest absolute Gasteiger partial charge is 0.149 e. The first-order chi connectivity index (χ1) is 14.4. The molecule has 2 N–H and O–H groups in total. The van der Waals surface area contributed by atoms with Crippen molar-refractivity contribution < 1.29 is 19.0 Å². The Morgan fingerprint density at radius 1 is 0.733 bits per heavy atom. The fourth-order valence-electron chi connectivity index (χ4n) is 3.70. The molecule has 4 rings (SSSR count). The quantitative estimate of drug-likeness (QED) is 0.514. The molecule has 152 valence electrons. The van der Waals surface area contributed by atoms with Crippen molar-refractivity contribution in [3.8, 4) is 0 Å². The number of halogens is 2. The Morgan fingerprint density at radius 2 is 1.27 bits per heavy atom. The highest BCUT2D eigenvalue weighted by Gasteiger charge is 2.53. The van der Waals surface area contributed by atoms with Crippen LogP contribution in [-0.4, -0.2) is 25.0 Å². The molecular weight excluding hydrogens is 388 g/mol. The Kier molecular flexibility index (Phi) is 5.15. The SMILES string of the molecule is O[C@@](c1ccccc1)(c1ccc(F)cc1)[C@](O)(Cn1cncn1)c1ccc(F)cc1. The van der Waals surface area contributed by atoms with Gasteiger partial charge < -0.3 is 10.2 Å². The van der Waals surface area contributed by atoms with E-state index in [0.717, 1.165) is 0 Å². The number of nitrogens with zero attached hydrogens (tertiary/aromatic N) is 3. The van der Waals surface area contributed by atoms with Gasteiger partial charge in [0, 0.05) is 0 Å². The van der Waals surface area contributed by atoms with E-state index in [2.05, 4.69) is 10.1 Å². The van der Waals surface area contributed by atoms with E-state index in [4.69, 9.17) is 0 Å². The van der Waals surface area contributed by atoms with Crippen LogP contribution in [0.5, 0.6) is 0 Å². The normalized spacial score (nSPS) is 15.3. The number of benzene rings is 3. The molecule has 1 heterocycles. The molecule has 0 aliphatic carbocycles. The van der Waals surface area contributed by atoms with Gasteiger partial charge in [0.15, 0.2) is 0 Å².